The van der Waals surface area contributed by atoms with Crippen LogP contribution in [0.4, 0.5) is 0 Å². The van der Waals surface area contributed by atoms with Crippen molar-refractivity contribution in [1.29, 1.82) is 0 Å². The molecule has 1 aromatic heterocycles. The number of para-hydroxylation sites is 1. The number of nitrogens with zero attached hydrogens (tertiary/aromatic N) is 2. The zero-order chi connectivity index (χ0) is 15.9. The number of hydrazone groups is 1. The number of carbonyl (C=O) groups is 1. The molecule has 0 radical (unpaired) electrons. The Bertz CT molecular complexity index is 682. The Hall–Kier alpha value is -2.41. The highest BCUT2D eigenvalue weighted by atomic mass is 32.1. The lowest BCUT2D eigenvalue weighted by molar-refractivity contribution is -0.120. The monoisotopic (exact) mass is 319 g/mol. The molecule has 0 fully saturated rings. The molecule has 1 amide bonds. The first kappa shape index (κ1) is 16.0. The molecule has 116 valence electrons. The molecule has 0 aliphatic rings. The standard InChI is InChI=1S/C15H17N3O3S/c1-3-21-13-6-4-5-11(15(13)20)8-16-18-14(19)7-12-9-22-10(2)17-12/h4-6,8-9,20H,3,7H2,1-2H3,(H,18,19)/b16-8+. The molecule has 2 N–H and O–H groups in total. The number of thiazole rings is 1. The third kappa shape index (κ3) is 4.29. The number of phenolic OH excluding ortho intramolecular Hbond substituents is 1. The van der Waals surface area contributed by atoms with Crippen molar-refractivity contribution in [3.63, 3.8) is 0 Å². The summed E-state index contributed by atoms with van der Waals surface area (Å²) in [6.07, 6.45) is 1.55. The first-order valence-corrected chi connectivity index (χ1v) is 7.65. The number of amides is 1. The number of nitrogens with one attached hydrogen (secondary N) is 1. The van der Waals surface area contributed by atoms with E-state index >= 15 is 0 Å². The van der Waals surface area contributed by atoms with Crippen LogP contribution in [0.5, 0.6) is 11.5 Å². The smallest absolute Gasteiger partial charge is 0.246 e. The van der Waals surface area contributed by atoms with Crippen LogP contribution in [0, 0.1) is 6.92 Å². The van der Waals surface area contributed by atoms with Gasteiger partial charge in [0.05, 0.1) is 29.9 Å². The van der Waals surface area contributed by atoms with Crippen molar-refractivity contribution < 1.29 is 14.6 Å². The molecular weight excluding hydrogens is 302 g/mol. The minimum atomic E-state index is -0.262. The number of phenols is 1. The molecule has 0 aliphatic carbocycles. The van der Waals surface area contributed by atoms with Crippen LogP contribution in [0.25, 0.3) is 0 Å². The lowest BCUT2D eigenvalue weighted by atomic mass is 10.2. The molecule has 0 saturated carbocycles. The van der Waals surface area contributed by atoms with Crippen molar-refractivity contribution in [2.45, 2.75) is 20.3 Å². The van der Waals surface area contributed by atoms with E-state index in [1.54, 1.807) is 18.2 Å². The molecule has 0 aliphatic heterocycles. The molecule has 2 rings (SSSR count). The number of rotatable bonds is 6. The Kier molecular flexibility index (Phi) is 5.48. The Morgan fingerprint density at radius 3 is 3.05 bits per heavy atom. The Morgan fingerprint density at radius 2 is 2.36 bits per heavy atom. The molecule has 6 nitrogen and oxygen atoms in total. The summed E-state index contributed by atoms with van der Waals surface area (Å²) in [6, 6.07) is 5.09. The summed E-state index contributed by atoms with van der Waals surface area (Å²) >= 11 is 1.50. The summed E-state index contributed by atoms with van der Waals surface area (Å²) in [5, 5.41) is 16.6. The molecule has 0 bridgehead atoms. The Labute approximate surface area is 132 Å². The summed E-state index contributed by atoms with van der Waals surface area (Å²) in [5.41, 5.74) is 3.60. The number of hydrogen-bond donors (Lipinski definition) is 2. The van der Waals surface area contributed by atoms with Gasteiger partial charge in [0, 0.05) is 10.9 Å². The number of ether oxygens (including phenoxy) is 1. The predicted molar refractivity (Wildman–Crippen MR) is 85.6 cm³/mol. The second-order valence-electron chi connectivity index (χ2n) is 4.45. The van der Waals surface area contributed by atoms with Gasteiger partial charge in [-0.3, -0.25) is 4.79 Å². The summed E-state index contributed by atoms with van der Waals surface area (Å²) in [7, 11) is 0. The van der Waals surface area contributed by atoms with Crippen LogP contribution in [0.15, 0.2) is 28.7 Å². The van der Waals surface area contributed by atoms with E-state index in [1.807, 2.05) is 19.2 Å². The second-order valence-corrected chi connectivity index (χ2v) is 5.52. The average Bonchev–Trinajstić information content (AvgIpc) is 2.88. The summed E-state index contributed by atoms with van der Waals surface area (Å²) in [6.45, 7) is 4.18. The molecule has 0 unspecified atom stereocenters. The van der Waals surface area contributed by atoms with Crippen LogP contribution in [0.1, 0.15) is 23.2 Å². The van der Waals surface area contributed by atoms with E-state index in [9.17, 15) is 9.90 Å². The summed E-state index contributed by atoms with van der Waals surface area (Å²) in [5.74, 6) is 0.121. The van der Waals surface area contributed by atoms with E-state index in [4.69, 9.17) is 4.74 Å². The maximum atomic E-state index is 11.7. The van der Waals surface area contributed by atoms with E-state index in [0.29, 0.717) is 17.9 Å². The van der Waals surface area contributed by atoms with Crippen molar-refractivity contribution >= 4 is 23.5 Å². The average molecular weight is 319 g/mol. The highest BCUT2D eigenvalue weighted by Gasteiger charge is 2.07. The highest BCUT2D eigenvalue weighted by Crippen LogP contribution is 2.28. The maximum absolute atomic E-state index is 11.7. The zero-order valence-corrected chi connectivity index (χ0v) is 13.2. The third-order valence-corrected chi connectivity index (χ3v) is 3.55. The number of aromatic nitrogens is 1. The minimum absolute atomic E-state index is 0.00234. The molecule has 0 atom stereocenters. The highest BCUT2D eigenvalue weighted by molar-refractivity contribution is 7.09. The first-order chi connectivity index (χ1) is 10.6. The van der Waals surface area contributed by atoms with Gasteiger partial charge in [-0.05, 0) is 26.0 Å². The van der Waals surface area contributed by atoms with Gasteiger partial charge in [-0.15, -0.1) is 11.3 Å². The van der Waals surface area contributed by atoms with Gasteiger partial charge in [-0.1, -0.05) is 6.07 Å². The topological polar surface area (TPSA) is 83.8 Å². The fourth-order valence-electron chi connectivity index (χ4n) is 1.78. The lowest BCUT2D eigenvalue weighted by Crippen LogP contribution is -2.19. The van der Waals surface area contributed by atoms with E-state index in [0.717, 1.165) is 10.7 Å². The van der Waals surface area contributed by atoms with Gasteiger partial charge in [0.15, 0.2) is 11.5 Å². The fraction of sp³-hybridized carbons (Fsp3) is 0.267. The van der Waals surface area contributed by atoms with Crippen molar-refractivity contribution in [2.24, 2.45) is 5.10 Å². The zero-order valence-electron chi connectivity index (χ0n) is 12.4. The van der Waals surface area contributed by atoms with Crippen molar-refractivity contribution in [3.8, 4) is 11.5 Å². The second kappa shape index (κ2) is 7.56. The SMILES string of the molecule is CCOc1cccc(/C=N/NC(=O)Cc2csc(C)n2)c1O. The van der Waals surface area contributed by atoms with Crippen LogP contribution in [-0.2, 0) is 11.2 Å². The quantitative estimate of drug-likeness (QED) is 0.632. The number of benzene rings is 1. The molecular formula is C15H17N3O3S. The lowest BCUT2D eigenvalue weighted by Gasteiger charge is -2.07. The van der Waals surface area contributed by atoms with Crippen LogP contribution in [0.3, 0.4) is 0 Å². The van der Waals surface area contributed by atoms with Gasteiger partial charge in [0.25, 0.3) is 0 Å². The Morgan fingerprint density at radius 1 is 1.55 bits per heavy atom. The van der Waals surface area contributed by atoms with Crippen molar-refractivity contribution in [3.05, 3.63) is 39.8 Å². The number of hydrogen-bond acceptors (Lipinski definition) is 6. The van der Waals surface area contributed by atoms with Crippen LogP contribution < -0.4 is 10.2 Å². The van der Waals surface area contributed by atoms with E-state index < -0.39 is 0 Å². The van der Waals surface area contributed by atoms with E-state index in [-0.39, 0.29) is 18.1 Å². The first-order valence-electron chi connectivity index (χ1n) is 6.77. The minimum Gasteiger partial charge on any atom is -0.504 e. The van der Waals surface area contributed by atoms with Gasteiger partial charge >= 0.3 is 0 Å². The summed E-state index contributed by atoms with van der Waals surface area (Å²) < 4.78 is 5.28. The maximum Gasteiger partial charge on any atom is 0.246 e. The molecule has 7 heteroatoms. The van der Waals surface area contributed by atoms with Gasteiger partial charge in [0.2, 0.25) is 5.91 Å². The number of aryl methyl sites for hydroxylation is 1. The number of aromatic hydroxyl groups is 1. The van der Waals surface area contributed by atoms with Gasteiger partial charge < -0.3 is 9.84 Å². The van der Waals surface area contributed by atoms with Gasteiger partial charge in [-0.25, -0.2) is 10.4 Å². The Balaban J connectivity index is 1.94. The molecule has 2 aromatic rings. The fourth-order valence-corrected chi connectivity index (χ4v) is 2.40. The molecule has 1 aromatic carbocycles. The third-order valence-electron chi connectivity index (χ3n) is 2.73. The summed E-state index contributed by atoms with van der Waals surface area (Å²) in [4.78, 5) is 15.9. The van der Waals surface area contributed by atoms with E-state index in [2.05, 4.69) is 15.5 Å². The van der Waals surface area contributed by atoms with Gasteiger partial charge in [-0.2, -0.15) is 5.10 Å². The van der Waals surface area contributed by atoms with E-state index in [1.165, 1.54) is 17.6 Å². The predicted octanol–water partition coefficient (Wildman–Crippen LogP) is 2.25. The largest absolute Gasteiger partial charge is 0.504 e. The molecule has 0 spiro atoms. The molecule has 0 saturated heterocycles. The van der Waals surface area contributed by atoms with Crippen LogP contribution in [0.2, 0.25) is 0 Å². The normalized spacial score (nSPS) is 10.8. The molecule has 1 heterocycles. The molecule has 22 heavy (non-hydrogen) atoms. The van der Waals surface area contributed by atoms with Gasteiger partial charge in [0.1, 0.15) is 0 Å². The van der Waals surface area contributed by atoms with Crippen molar-refractivity contribution in [2.75, 3.05) is 6.61 Å². The number of carbonyl (C=O) groups excluding carboxylic acids is 1. The van der Waals surface area contributed by atoms with Crippen LogP contribution >= 0.6 is 11.3 Å². The van der Waals surface area contributed by atoms with Crippen molar-refractivity contribution in [1.82, 2.24) is 10.4 Å². The van der Waals surface area contributed by atoms with Crippen LogP contribution in [-0.4, -0.2) is 28.8 Å².